The smallest absolute Gasteiger partial charge is 0.261 e. The lowest BCUT2D eigenvalue weighted by Crippen LogP contribution is -2.51. The summed E-state index contributed by atoms with van der Waals surface area (Å²) < 4.78 is 6.49. The first-order chi connectivity index (χ1) is 16.9. The van der Waals surface area contributed by atoms with Crippen LogP contribution in [0, 0.1) is 6.92 Å². The second kappa shape index (κ2) is 13.3. The molecule has 1 atom stereocenters. The fourth-order valence-electron chi connectivity index (χ4n) is 3.74. The van der Waals surface area contributed by atoms with E-state index >= 15 is 0 Å². The molecule has 0 fully saturated rings. The predicted molar refractivity (Wildman–Crippen MR) is 144 cm³/mol. The van der Waals surface area contributed by atoms with Crippen LogP contribution in [0.25, 0.3) is 0 Å². The highest BCUT2D eigenvalue weighted by molar-refractivity contribution is 9.10. The van der Waals surface area contributed by atoms with E-state index in [-0.39, 0.29) is 18.4 Å². The van der Waals surface area contributed by atoms with Crippen molar-refractivity contribution in [2.45, 2.75) is 39.3 Å². The van der Waals surface area contributed by atoms with Gasteiger partial charge in [-0.2, -0.15) is 0 Å². The summed E-state index contributed by atoms with van der Waals surface area (Å²) in [6.45, 7) is 4.64. The molecule has 1 N–H and O–H groups in total. The first kappa shape index (κ1) is 26.8. The number of ether oxygens (including phenoxy) is 1. The molecule has 3 aromatic rings. The van der Waals surface area contributed by atoms with Gasteiger partial charge in [-0.15, -0.1) is 0 Å². The van der Waals surface area contributed by atoms with Crippen molar-refractivity contribution in [1.29, 1.82) is 0 Å². The molecule has 184 valence electrons. The summed E-state index contributed by atoms with van der Waals surface area (Å²) in [7, 11) is 0. The van der Waals surface area contributed by atoms with E-state index < -0.39 is 6.04 Å². The average molecular weight is 558 g/mol. The minimum absolute atomic E-state index is 0.177. The number of halogens is 2. The van der Waals surface area contributed by atoms with E-state index in [1.54, 1.807) is 23.1 Å². The lowest BCUT2D eigenvalue weighted by atomic mass is 10.0. The SMILES string of the molecule is CCCNC(=O)[C@H](Cc1ccccc1)N(Cc1cccc(C)c1)C(=O)COc1ccc(Cl)cc1Br. The molecule has 0 aromatic heterocycles. The Morgan fingerprint density at radius 1 is 1.03 bits per heavy atom. The molecule has 0 radical (unpaired) electrons. The third kappa shape index (κ3) is 8.11. The van der Waals surface area contributed by atoms with Crippen LogP contribution < -0.4 is 10.1 Å². The average Bonchev–Trinajstić information content (AvgIpc) is 2.84. The van der Waals surface area contributed by atoms with Crippen LogP contribution in [0.3, 0.4) is 0 Å². The lowest BCUT2D eigenvalue weighted by molar-refractivity contribution is -0.142. The highest BCUT2D eigenvalue weighted by Crippen LogP contribution is 2.28. The Labute approximate surface area is 220 Å². The van der Waals surface area contributed by atoms with Crippen LogP contribution >= 0.6 is 27.5 Å². The number of nitrogens with zero attached hydrogens (tertiary/aromatic N) is 1. The molecular formula is C28H30BrClN2O3. The van der Waals surface area contributed by atoms with Gasteiger partial charge in [0.1, 0.15) is 11.8 Å². The van der Waals surface area contributed by atoms with Gasteiger partial charge in [-0.05, 0) is 58.6 Å². The van der Waals surface area contributed by atoms with Crippen LogP contribution in [0.1, 0.15) is 30.0 Å². The summed E-state index contributed by atoms with van der Waals surface area (Å²) >= 11 is 9.45. The van der Waals surface area contributed by atoms with Crippen LogP contribution in [0.5, 0.6) is 5.75 Å². The predicted octanol–water partition coefficient (Wildman–Crippen LogP) is 5.96. The first-order valence-corrected chi connectivity index (χ1v) is 12.8. The van der Waals surface area contributed by atoms with Crippen LogP contribution in [-0.4, -0.2) is 35.9 Å². The molecule has 0 aliphatic rings. The molecule has 3 rings (SSSR count). The van der Waals surface area contributed by atoms with Crippen molar-refractivity contribution >= 4 is 39.3 Å². The maximum absolute atomic E-state index is 13.6. The highest BCUT2D eigenvalue weighted by atomic mass is 79.9. The number of hydrogen-bond donors (Lipinski definition) is 1. The van der Waals surface area contributed by atoms with Crippen molar-refractivity contribution in [3.8, 4) is 5.75 Å². The summed E-state index contributed by atoms with van der Waals surface area (Å²) in [6, 6.07) is 22.1. The maximum Gasteiger partial charge on any atom is 0.261 e. The van der Waals surface area contributed by atoms with E-state index in [1.165, 1.54) is 0 Å². The summed E-state index contributed by atoms with van der Waals surface area (Å²) in [5.74, 6) is 0.0543. The molecule has 35 heavy (non-hydrogen) atoms. The topological polar surface area (TPSA) is 58.6 Å². The summed E-state index contributed by atoms with van der Waals surface area (Å²) in [5, 5.41) is 3.54. The van der Waals surface area contributed by atoms with Gasteiger partial charge >= 0.3 is 0 Å². The van der Waals surface area contributed by atoms with E-state index in [1.807, 2.05) is 68.4 Å². The number of benzene rings is 3. The number of aryl methyl sites for hydroxylation is 1. The Balaban J connectivity index is 1.90. The van der Waals surface area contributed by atoms with Crippen molar-refractivity contribution < 1.29 is 14.3 Å². The molecule has 0 unspecified atom stereocenters. The van der Waals surface area contributed by atoms with E-state index in [0.29, 0.717) is 34.8 Å². The van der Waals surface area contributed by atoms with Crippen molar-refractivity contribution in [2.75, 3.05) is 13.2 Å². The van der Waals surface area contributed by atoms with E-state index in [4.69, 9.17) is 16.3 Å². The normalized spacial score (nSPS) is 11.5. The van der Waals surface area contributed by atoms with Crippen LogP contribution in [0.15, 0.2) is 77.3 Å². The summed E-state index contributed by atoms with van der Waals surface area (Å²) in [4.78, 5) is 28.5. The summed E-state index contributed by atoms with van der Waals surface area (Å²) in [5.41, 5.74) is 3.02. The zero-order chi connectivity index (χ0) is 25.2. The van der Waals surface area contributed by atoms with E-state index in [9.17, 15) is 9.59 Å². The minimum atomic E-state index is -0.686. The monoisotopic (exact) mass is 556 g/mol. The van der Waals surface area contributed by atoms with Gasteiger partial charge in [-0.3, -0.25) is 9.59 Å². The Hall–Kier alpha value is -2.83. The van der Waals surface area contributed by atoms with Gasteiger partial charge in [0.25, 0.3) is 5.91 Å². The van der Waals surface area contributed by atoms with Crippen LogP contribution in [0.4, 0.5) is 0 Å². The second-order valence-electron chi connectivity index (χ2n) is 8.37. The molecule has 0 saturated heterocycles. The molecule has 0 bridgehead atoms. The number of carbonyl (C=O) groups is 2. The Kier molecular flexibility index (Phi) is 10.2. The standard InChI is InChI=1S/C28H30BrClN2O3/c1-3-14-31-28(34)25(16-21-9-5-4-6-10-21)32(18-22-11-7-8-20(2)15-22)27(33)19-35-26-13-12-23(30)17-24(26)29/h4-13,15,17,25H,3,14,16,18-19H2,1-2H3,(H,31,34)/t25-/m0/s1. The fourth-order valence-corrected chi connectivity index (χ4v) is 4.54. The molecule has 5 nitrogen and oxygen atoms in total. The Morgan fingerprint density at radius 3 is 2.46 bits per heavy atom. The molecule has 7 heteroatoms. The van der Waals surface area contributed by atoms with Gasteiger partial charge in [-0.1, -0.05) is 78.7 Å². The zero-order valence-corrected chi connectivity index (χ0v) is 22.3. The van der Waals surface area contributed by atoms with Gasteiger partial charge in [0, 0.05) is 24.5 Å². The van der Waals surface area contributed by atoms with Gasteiger partial charge in [0.15, 0.2) is 6.61 Å². The number of amides is 2. The summed E-state index contributed by atoms with van der Waals surface area (Å²) in [6.07, 6.45) is 1.21. The lowest BCUT2D eigenvalue weighted by Gasteiger charge is -2.31. The van der Waals surface area contributed by atoms with E-state index in [2.05, 4.69) is 21.2 Å². The number of hydrogen-bond acceptors (Lipinski definition) is 3. The minimum Gasteiger partial charge on any atom is -0.483 e. The fraction of sp³-hybridized carbons (Fsp3) is 0.286. The maximum atomic E-state index is 13.6. The van der Waals surface area contributed by atoms with Gasteiger partial charge in [-0.25, -0.2) is 0 Å². The zero-order valence-electron chi connectivity index (χ0n) is 20.0. The van der Waals surface area contributed by atoms with Crippen LogP contribution in [-0.2, 0) is 22.6 Å². The molecule has 2 amide bonds. The van der Waals surface area contributed by atoms with Gasteiger partial charge in [0.05, 0.1) is 4.47 Å². The van der Waals surface area contributed by atoms with Crippen LogP contribution in [0.2, 0.25) is 5.02 Å². The molecule has 3 aromatic carbocycles. The molecular weight excluding hydrogens is 528 g/mol. The molecule has 0 aliphatic heterocycles. The molecule has 0 saturated carbocycles. The van der Waals surface area contributed by atoms with Crippen molar-refractivity contribution in [1.82, 2.24) is 10.2 Å². The largest absolute Gasteiger partial charge is 0.483 e. The van der Waals surface area contributed by atoms with Gasteiger partial charge in [0.2, 0.25) is 5.91 Å². The second-order valence-corrected chi connectivity index (χ2v) is 9.66. The van der Waals surface area contributed by atoms with Gasteiger partial charge < -0.3 is 15.0 Å². The Bertz CT molecular complexity index is 1140. The van der Waals surface area contributed by atoms with Crippen molar-refractivity contribution in [3.63, 3.8) is 0 Å². The highest BCUT2D eigenvalue weighted by Gasteiger charge is 2.30. The first-order valence-electron chi connectivity index (χ1n) is 11.6. The number of rotatable bonds is 11. The third-order valence-corrected chi connectivity index (χ3v) is 6.36. The molecule has 0 heterocycles. The number of carbonyl (C=O) groups excluding carboxylic acids is 2. The Morgan fingerprint density at radius 2 is 1.77 bits per heavy atom. The molecule has 0 aliphatic carbocycles. The third-order valence-electron chi connectivity index (χ3n) is 5.50. The number of nitrogens with one attached hydrogen (secondary N) is 1. The quantitative estimate of drug-likeness (QED) is 0.317. The molecule has 0 spiro atoms. The van der Waals surface area contributed by atoms with Crippen molar-refractivity contribution in [3.05, 3.63) is 99.0 Å². The van der Waals surface area contributed by atoms with E-state index in [0.717, 1.165) is 23.1 Å². The van der Waals surface area contributed by atoms with Crippen molar-refractivity contribution in [2.24, 2.45) is 0 Å².